The first-order valence-corrected chi connectivity index (χ1v) is 7.84. The van der Waals surface area contributed by atoms with Gasteiger partial charge in [0, 0.05) is 36.3 Å². The van der Waals surface area contributed by atoms with Gasteiger partial charge in [-0.05, 0) is 43.2 Å². The van der Waals surface area contributed by atoms with Crippen LogP contribution in [0.3, 0.4) is 0 Å². The summed E-state index contributed by atoms with van der Waals surface area (Å²) in [7, 11) is 0. The second-order valence-corrected chi connectivity index (χ2v) is 5.73. The third kappa shape index (κ3) is 3.45. The maximum absolute atomic E-state index is 12.2. The molecule has 2 aliphatic rings. The molecule has 0 bridgehead atoms. The number of fused-ring (bicyclic) bond motifs is 1. The number of amides is 1. The van der Waals surface area contributed by atoms with Crippen LogP contribution in [0.1, 0.15) is 26.2 Å². The molecule has 112 valence electrons. The molecule has 4 heteroatoms. The second-order valence-electron chi connectivity index (χ2n) is 5.73. The van der Waals surface area contributed by atoms with E-state index in [9.17, 15) is 4.79 Å². The van der Waals surface area contributed by atoms with Crippen LogP contribution >= 0.6 is 0 Å². The van der Waals surface area contributed by atoms with Gasteiger partial charge in [0.15, 0.2) is 0 Å². The fourth-order valence-corrected chi connectivity index (χ4v) is 2.82. The highest BCUT2D eigenvalue weighted by molar-refractivity contribution is 5.95. The average Bonchev–Trinajstić information content (AvgIpc) is 3.27. The summed E-state index contributed by atoms with van der Waals surface area (Å²) in [5.74, 6) is 0.0551. The van der Waals surface area contributed by atoms with Crippen LogP contribution in [-0.4, -0.2) is 41.5 Å². The quantitative estimate of drug-likeness (QED) is 0.800. The summed E-state index contributed by atoms with van der Waals surface area (Å²) in [6.07, 6.45) is 11.2. The molecule has 2 N–H and O–H groups in total. The largest absolute Gasteiger partial charge is 0.361 e. The van der Waals surface area contributed by atoms with Crippen molar-refractivity contribution in [2.24, 2.45) is 0 Å². The van der Waals surface area contributed by atoms with E-state index in [-0.39, 0.29) is 5.91 Å². The maximum atomic E-state index is 12.2. The Hall–Kier alpha value is -1.81. The number of carbonyl (C=O) groups excluding carboxylic acids is 1. The number of hydrogen-bond donors (Lipinski definition) is 2. The Morgan fingerprint density at radius 1 is 1.43 bits per heavy atom. The van der Waals surface area contributed by atoms with Crippen molar-refractivity contribution in [3.8, 4) is 0 Å². The summed E-state index contributed by atoms with van der Waals surface area (Å²) in [6, 6.07) is 2.80. The molecule has 0 saturated heterocycles. The summed E-state index contributed by atoms with van der Waals surface area (Å²) in [6.45, 7) is 4.93. The third-order valence-electron chi connectivity index (χ3n) is 4.25. The number of nitrogens with zero attached hydrogens (tertiary/aromatic N) is 1. The lowest BCUT2D eigenvalue weighted by Crippen LogP contribution is -2.36. The van der Waals surface area contributed by atoms with Crippen molar-refractivity contribution in [1.82, 2.24) is 15.2 Å². The first-order chi connectivity index (χ1) is 10.3. The van der Waals surface area contributed by atoms with E-state index < -0.39 is 0 Å². The molecule has 1 heterocycles. The third-order valence-corrected chi connectivity index (χ3v) is 4.25. The van der Waals surface area contributed by atoms with Gasteiger partial charge in [0.1, 0.15) is 0 Å². The highest BCUT2D eigenvalue weighted by Crippen LogP contribution is 2.25. The number of allylic oxidation sites excluding steroid dienone is 1. The zero-order chi connectivity index (χ0) is 14.7. The standard InChI is InChI=1S/C17H23N3O/c1-2-20(15-6-7-15)12-11-19-17(21)14-4-3-13-9-10-18-16(13)8-5-14/h3,5,8-10,15,18H,2,4,6-7,11-12H2,1H3,(H,19,21). The van der Waals surface area contributed by atoms with Crippen molar-refractivity contribution in [3.05, 3.63) is 34.5 Å². The van der Waals surface area contributed by atoms with E-state index in [1.54, 1.807) is 0 Å². The van der Waals surface area contributed by atoms with E-state index in [0.29, 0.717) is 6.42 Å². The number of likely N-dealkylation sites (N-methyl/N-ethyl adjacent to an activating group) is 1. The number of aromatic amines is 1. The first-order valence-electron chi connectivity index (χ1n) is 7.84. The Kier molecular flexibility index (Phi) is 4.25. The van der Waals surface area contributed by atoms with E-state index in [1.807, 2.05) is 24.4 Å². The Morgan fingerprint density at radius 3 is 3.05 bits per heavy atom. The predicted molar refractivity (Wildman–Crippen MR) is 85.0 cm³/mol. The second kappa shape index (κ2) is 6.31. The Labute approximate surface area is 125 Å². The van der Waals surface area contributed by atoms with Gasteiger partial charge in [0.2, 0.25) is 5.91 Å². The highest BCUT2D eigenvalue weighted by atomic mass is 16.1. The molecule has 0 spiro atoms. The van der Waals surface area contributed by atoms with Crippen LogP contribution < -0.4 is 15.9 Å². The summed E-state index contributed by atoms with van der Waals surface area (Å²) in [5.41, 5.74) is 0.828. The molecular formula is C17H23N3O. The fraction of sp³-hybridized carbons (Fsp3) is 0.471. The zero-order valence-electron chi connectivity index (χ0n) is 12.6. The van der Waals surface area contributed by atoms with Gasteiger partial charge < -0.3 is 10.3 Å². The molecule has 0 radical (unpaired) electrons. The summed E-state index contributed by atoms with van der Waals surface area (Å²) >= 11 is 0. The van der Waals surface area contributed by atoms with E-state index in [0.717, 1.165) is 36.6 Å². The summed E-state index contributed by atoms with van der Waals surface area (Å²) < 4.78 is 0. The molecular weight excluding hydrogens is 262 g/mol. The van der Waals surface area contributed by atoms with Crippen molar-refractivity contribution >= 4 is 18.1 Å². The lowest BCUT2D eigenvalue weighted by Gasteiger charge is -2.19. The molecule has 1 aromatic heterocycles. The molecule has 0 aromatic carbocycles. The molecule has 1 fully saturated rings. The molecule has 21 heavy (non-hydrogen) atoms. The number of H-pyrrole nitrogens is 1. The van der Waals surface area contributed by atoms with Gasteiger partial charge in [-0.2, -0.15) is 0 Å². The molecule has 1 amide bonds. The number of aromatic nitrogens is 1. The molecule has 0 unspecified atom stereocenters. The summed E-state index contributed by atoms with van der Waals surface area (Å²) in [5, 5.41) is 5.29. The maximum Gasteiger partial charge on any atom is 0.247 e. The van der Waals surface area contributed by atoms with Gasteiger partial charge in [0.05, 0.1) is 0 Å². The van der Waals surface area contributed by atoms with Gasteiger partial charge in [-0.3, -0.25) is 9.69 Å². The smallest absolute Gasteiger partial charge is 0.247 e. The molecule has 4 nitrogen and oxygen atoms in total. The Morgan fingerprint density at radius 2 is 2.29 bits per heavy atom. The fourth-order valence-electron chi connectivity index (χ4n) is 2.82. The minimum atomic E-state index is 0.0551. The van der Waals surface area contributed by atoms with E-state index in [4.69, 9.17) is 0 Å². The topological polar surface area (TPSA) is 48.1 Å². The van der Waals surface area contributed by atoms with E-state index in [1.165, 1.54) is 18.1 Å². The molecule has 1 saturated carbocycles. The van der Waals surface area contributed by atoms with Crippen molar-refractivity contribution in [2.75, 3.05) is 19.6 Å². The van der Waals surface area contributed by atoms with E-state index in [2.05, 4.69) is 28.2 Å². The van der Waals surface area contributed by atoms with Crippen LogP contribution in [0.2, 0.25) is 0 Å². The van der Waals surface area contributed by atoms with Crippen LogP contribution in [0, 0.1) is 0 Å². The predicted octanol–water partition coefficient (Wildman–Crippen LogP) is 0.506. The molecule has 0 atom stereocenters. The SMILES string of the molecule is CCN(CCNC(=O)C1=CC=c2[nH]ccc2=CC1)C1CC1. The van der Waals surface area contributed by atoms with Gasteiger partial charge in [-0.15, -0.1) is 0 Å². The molecule has 1 aromatic rings. The minimum Gasteiger partial charge on any atom is -0.361 e. The van der Waals surface area contributed by atoms with Gasteiger partial charge >= 0.3 is 0 Å². The molecule has 0 aliphatic heterocycles. The van der Waals surface area contributed by atoms with Crippen molar-refractivity contribution in [2.45, 2.75) is 32.2 Å². The number of rotatable bonds is 6. The lowest BCUT2D eigenvalue weighted by molar-refractivity contribution is -0.117. The number of carbonyl (C=O) groups is 1. The zero-order valence-corrected chi connectivity index (χ0v) is 12.6. The number of nitrogens with one attached hydrogen (secondary N) is 2. The highest BCUT2D eigenvalue weighted by Gasteiger charge is 2.27. The van der Waals surface area contributed by atoms with Crippen LogP contribution in [0.25, 0.3) is 12.2 Å². The first kappa shape index (κ1) is 14.1. The average molecular weight is 285 g/mol. The number of hydrogen-bond acceptors (Lipinski definition) is 2. The van der Waals surface area contributed by atoms with Crippen molar-refractivity contribution in [3.63, 3.8) is 0 Å². The van der Waals surface area contributed by atoms with Gasteiger partial charge in [-0.1, -0.05) is 19.1 Å². The summed E-state index contributed by atoms with van der Waals surface area (Å²) in [4.78, 5) is 17.9. The van der Waals surface area contributed by atoms with E-state index >= 15 is 0 Å². The minimum absolute atomic E-state index is 0.0551. The van der Waals surface area contributed by atoms with Crippen LogP contribution in [-0.2, 0) is 4.79 Å². The van der Waals surface area contributed by atoms with Crippen LogP contribution in [0.4, 0.5) is 0 Å². The molecule has 2 aliphatic carbocycles. The Balaban J connectivity index is 1.53. The van der Waals surface area contributed by atoms with Gasteiger partial charge in [-0.25, -0.2) is 0 Å². The van der Waals surface area contributed by atoms with Crippen molar-refractivity contribution < 1.29 is 4.79 Å². The van der Waals surface area contributed by atoms with Crippen molar-refractivity contribution in [1.29, 1.82) is 0 Å². The lowest BCUT2D eigenvalue weighted by atomic mass is 10.1. The monoisotopic (exact) mass is 285 g/mol. The Bertz CT molecular complexity index is 652. The van der Waals surface area contributed by atoms with Gasteiger partial charge in [0.25, 0.3) is 0 Å². The van der Waals surface area contributed by atoms with Crippen LogP contribution in [0.5, 0.6) is 0 Å². The normalized spacial score (nSPS) is 17.3. The van der Waals surface area contributed by atoms with Crippen LogP contribution in [0.15, 0.2) is 23.9 Å². The molecule has 3 rings (SSSR count).